The summed E-state index contributed by atoms with van der Waals surface area (Å²) in [5.41, 5.74) is 4.05. The summed E-state index contributed by atoms with van der Waals surface area (Å²) in [5, 5.41) is 7.10. The first-order valence-electron chi connectivity index (χ1n) is 11.4. The van der Waals surface area contributed by atoms with Gasteiger partial charge in [0.15, 0.2) is 0 Å². The predicted molar refractivity (Wildman–Crippen MR) is 132 cm³/mol. The van der Waals surface area contributed by atoms with E-state index in [-0.39, 0.29) is 0 Å². The highest BCUT2D eigenvalue weighted by molar-refractivity contribution is 5.82. The van der Waals surface area contributed by atoms with E-state index in [0.717, 1.165) is 41.1 Å². The second-order valence-electron chi connectivity index (χ2n) is 8.78. The zero-order chi connectivity index (χ0) is 24.4. The number of alkyl halides is 3. The van der Waals surface area contributed by atoms with Crippen molar-refractivity contribution in [3.63, 3.8) is 0 Å². The lowest BCUT2D eigenvalue weighted by Crippen LogP contribution is -2.05. The molecule has 0 amide bonds. The number of nitrogens with zero attached hydrogens (tertiary/aromatic N) is 3. The first-order chi connectivity index (χ1) is 16.8. The Morgan fingerprint density at radius 2 is 1.86 bits per heavy atom. The fourth-order valence-corrected chi connectivity index (χ4v) is 3.90. The van der Waals surface area contributed by atoms with E-state index in [1.165, 1.54) is 24.5 Å². The van der Waals surface area contributed by atoms with Crippen molar-refractivity contribution in [3.05, 3.63) is 89.5 Å². The molecule has 35 heavy (non-hydrogen) atoms. The molecule has 8 heteroatoms. The van der Waals surface area contributed by atoms with Crippen molar-refractivity contribution in [1.82, 2.24) is 15.0 Å². The summed E-state index contributed by atoms with van der Waals surface area (Å²) in [6, 6.07) is 15.0. The van der Waals surface area contributed by atoms with Gasteiger partial charge in [-0.25, -0.2) is 9.97 Å². The third-order valence-corrected chi connectivity index (χ3v) is 5.90. The van der Waals surface area contributed by atoms with Crippen LogP contribution in [0.3, 0.4) is 0 Å². The Bertz CT molecular complexity index is 1380. The monoisotopic (exact) mass is 475 g/mol. The van der Waals surface area contributed by atoms with Crippen molar-refractivity contribution < 1.29 is 13.2 Å². The highest BCUT2D eigenvalue weighted by atomic mass is 19.4. The van der Waals surface area contributed by atoms with Crippen LogP contribution in [0.1, 0.15) is 35.4 Å². The smallest absolute Gasteiger partial charge is 0.354 e. The van der Waals surface area contributed by atoms with Crippen molar-refractivity contribution in [1.29, 1.82) is 0 Å². The fraction of sp³-hybridized carbons (Fsp3) is 0.222. The van der Waals surface area contributed by atoms with E-state index in [1.807, 2.05) is 6.92 Å². The number of hydrogen-bond acceptors (Lipinski definition) is 5. The van der Waals surface area contributed by atoms with Crippen LogP contribution in [0, 0.1) is 12.8 Å². The molecule has 2 heterocycles. The van der Waals surface area contributed by atoms with Gasteiger partial charge in [-0.15, -0.1) is 0 Å². The molecule has 0 radical (unpaired) electrons. The average molecular weight is 476 g/mol. The minimum absolute atomic E-state index is 0.343. The standard InChI is InChI=1S/C27H24F3N5/c1-17-24-10-7-19(13-18-5-6-18)14-25(24)35-26(33-17)31-12-11-21-8-9-23(16-32-21)34-22-4-2-3-20(15-22)27(28,29)30/h2-4,7-12,14-16,18,34H,5-6,13H2,1H3,(H,31,33,35)/b12-11+. The maximum absolute atomic E-state index is 12.9. The van der Waals surface area contributed by atoms with Crippen molar-refractivity contribution in [3.8, 4) is 0 Å². The molecule has 5 nitrogen and oxygen atoms in total. The van der Waals surface area contributed by atoms with E-state index in [0.29, 0.717) is 23.0 Å². The summed E-state index contributed by atoms with van der Waals surface area (Å²) in [7, 11) is 0. The lowest BCUT2D eigenvalue weighted by molar-refractivity contribution is -0.137. The highest BCUT2D eigenvalue weighted by Crippen LogP contribution is 2.33. The van der Waals surface area contributed by atoms with Gasteiger partial charge in [-0.05, 0) is 80.1 Å². The molecule has 1 saturated carbocycles. The van der Waals surface area contributed by atoms with Crippen LogP contribution >= 0.6 is 0 Å². The molecule has 2 aromatic carbocycles. The van der Waals surface area contributed by atoms with Gasteiger partial charge < -0.3 is 10.6 Å². The number of halogens is 3. The summed E-state index contributed by atoms with van der Waals surface area (Å²) >= 11 is 0. The normalized spacial score (nSPS) is 13.9. The molecule has 2 aromatic heterocycles. The Balaban J connectivity index is 1.24. The van der Waals surface area contributed by atoms with Gasteiger partial charge in [-0.1, -0.05) is 18.2 Å². The SMILES string of the molecule is Cc1nc(N/C=C/c2ccc(Nc3cccc(C(F)(F)F)c3)cn2)nc2cc(CC3CC3)ccc12. The van der Waals surface area contributed by atoms with Crippen LogP contribution in [0.2, 0.25) is 0 Å². The summed E-state index contributed by atoms with van der Waals surface area (Å²) in [4.78, 5) is 13.5. The van der Waals surface area contributed by atoms with Gasteiger partial charge in [0.05, 0.1) is 34.4 Å². The van der Waals surface area contributed by atoms with E-state index in [4.69, 9.17) is 0 Å². The Morgan fingerprint density at radius 3 is 2.60 bits per heavy atom. The molecule has 1 fully saturated rings. The molecule has 1 aliphatic rings. The van der Waals surface area contributed by atoms with Crippen LogP contribution in [0.4, 0.5) is 30.5 Å². The van der Waals surface area contributed by atoms with Gasteiger partial charge in [-0.3, -0.25) is 4.98 Å². The molecule has 0 bridgehead atoms. The van der Waals surface area contributed by atoms with Gasteiger partial charge >= 0.3 is 6.18 Å². The van der Waals surface area contributed by atoms with Gasteiger partial charge in [0.25, 0.3) is 0 Å². The number of rotatable bonds is 7. The molecular formula is C27H24F3N5. The van der Waals surface area contributed by atoms with Crippen LogP contribution in [0.5, 0.6) is 0 Å². The first-order valence-corrected chi connectivity index (χ1v) is 11.4. The van der Waals surface area contributed by atoms with Crippen LogP contribution in [0.25, 0.3) is 17.0 Å². The maximum atomic E-state index is 12.9. The Hall–Kier alpha value is -3.94. The number of hydrogen-bond donors (Lipinski definition) is 2. The number of aryl methyl sites for hydroxylation is 1. The van der Waals surface area contributed by atoms with Crippen molar-refractivity contribution >= 4 is 34.3 Å². The molecule has 0 aliphatic heterocycles. The number of pyridine rings is 1. The topological polar surface area (TPSA) is 62.7 Å². The van der Waals surface area contributed by atoms with Crippen LogP contribution < -0.4 is 10.6 Å². The first kappa shape index (κ1) is 22.8. The minimum Gasteiger partial charge on any atom is -0.354 e. The van der Waals surface area contributed by atoms with Gasteiger partial charge in [0.2, 0.25) is 5.95 Å². The minimum atomic E-state index is -4.39. The summed E-state index contributed by atoms with van der Waals surface area (Å²) in [5.74, 6) is 1.33. The van der Waals surface area contributed by atoms with E-state index in [2.05, 4.69) is 43.8 Å². The number of fused-ring (bicyclic) bond motifs is 1. The largest absolute Gasteiger partial charge is 0.416 e. The third-order valence-electron chi connectivity index (χ3n) is 5.90. The van der Waals surface area contributed by atoms with E-state index < -0.39 is 11.7 Å². The Kier molecular flexibility index (Phi) is 6.11. The molecule has 5 rings (SSSR count). The quantitative estimate of drug-likeness (QED) is 0.298. The third kappa shape index (κ3) is 5.77. The van der Waals surface area contributed by atoms with E-state index in [1.54, 1.807) is 36.7 Å². The lowest BCUT2D eigenvalue weighted by Gasteiger charge is -2.10. The number of nitrogens with one attached hydrogen (secondary N) is 2. The summed E-state index contributed by atoms with van der Waals surface area (Å²) < 4.78 is 38.7. The molecule has 4 aromatic rings. The molecule has 1 aliphatic carbocycles. The van der Waals surface area contributed by atoms with Gasteiger partial charge in [0, 0.05) is 17.3 Å². The predicted octanol–water partition coefficient (Wildman–Crippen LogP) is 7.13. The van der Waals surface area contributed by atoms with Gasteiger partial charge in [-0.2, -0.15) is 13.2 Å². The summed E-state index contributed by atoms with van der Waals surface area (Å²) in [6.07, 6.45) is 4.41. The molecule has 178 valence electrons. The van der Waals surface area contributed by atoms with Crippen LogP contribution in [-0.4, -0.2) is 15.0 Å². The average Bonchev–Trinajstić information content (AvgIpc) is 3.64. The molecular weight excluding hydrogens is 451 g/mol. The number of anilines is 3. The van der Waals surface area contributed by atoms with Crippen molar-refractivity contribution in [2.45, 2.75) is 32.4 Å². The van der Waals surface area contributed by atoms with Crippen molar-refractivity contribution in [2.24, 2.45) is 5.92 Å². The molecule has 0 unspecified atom stereocenters. The Morgan fingerprint density at radius 1 is 1.00 bits per heavy atom. The second kappa shape index (κ2) is 9.37. The highest BCUT2D eigenvalue weighted by Gasteiger charge is 2.30. The van der Waals surface area contributed by atoms with Crippen LogP contribution in [-0.2, 0) is 12.6 Å². The molecule has 0 saturated heterocycles. The molecule has 2 N–H and O–H groups in total. The lowest BCUT2D eigenvalue weighted by atomic mass is 10.1. The summed E-state index contributed by atoms with van der Waals surface area (Å²) in [6.45, 7) is 1.97. The van der Waals surface area contributed by atoms with E-state index in [9.17, 15) is 13.2 Å². The number of benzene rings is 2. The fourth-order valence-electron chi connectivity index (χ4n) is 3.90. The van der Waals surface area contributed by atoms with Crippen LogP contribution in [0.15, 0.2) is 67.0 Å². The second-order valence-corrected chi connectivity index (χ2v) is 8.78. The molecule has 0 atom stereocenters. The Labute approximate surface area is 201 Å². The van der Waals surface area contributed by atoms with Gasteiger partial charge in [0.1, 0.15) is 0 Å². The number of aromatic nitrogens is 3. The van der Waals surface area contributed by atoms with E-state index >= 15 is 0 Å². The van der Waals surface area contributed by atoms with Crippen molar-refractivity contribution in [2.75, 3.05) is 10.6 Å². The zero-order valence-corrected chi connectivity index (χ0v) is 19.1. The molecule has 0 spiro atoms. The zero-order valence-electron chi connectivity index (χ0n) is 19.1. The maximum Gasteiger partial charge on any atom is 0.416 e.